The predicted octanol–water partition coefficient (Wildman–Crippen LogP) is 3.48. The summed E-state index contributed by atoms with van der Waals surface area (Å²) < 4.78 is 6.53. The quantitative estimate of drug-likeness (QED) is 0.715. The van der Waals surface area contributed by atoms with Crippen molar-refractivity contribution >= 4 is 15.9 Å². The highest BCUT2D eigenvalue weighted by Crippen LogP contribution is 2.74. The molecule has 0 aromatic heterocycles. The highest BCUT2D eigenvalue weighted by Gasteiger charge is 2.77. The maximum absolute atomic E-state index is 6.22. The van der Waals surface area contributed by atoms with E-state index in [1.807, 2.05) is 0 Å². The second-order valence-electron chi connectivity index (χ2n) is 5.41. The lowest BCUT2D eigenvalue weighted by molar-refractivity contribution is -0.131. The Morgan fingerprint density at radius 2 is 1.81 bits per heavy atom. The summed E-state index contributed by atoms with van der Waals surface area (Å²) >= 11 is 3.96. The summed E-state index contributed by atoms with van der Waals surface area (Å²) in [6.45, 7) is 0.900. The zero-order valence-corrected chi connectivity index (χ0v) is 10.7. The monoisotopic (exact) mass is 278 g/mol. The Morgan fingerprint density at radius 3 is 2.50 bits per heavy atom. The highest BCUT2D eigenvalue weighted by atomic mass is 79.9. The van der Waals surface area contributed by atoms with E-state index in [0.717, 1.165) is 6.61 Å². The van der Waals surface area contributed by atoms with Crippen LogP contribution in [0.5, 0.6) is 0 Å². The average Bonchev–Trinajstić information content (AvgIpc) is 2.84. The summed E-state index contributed by atoms with van der Waals surface area (Å²) in [5.41, 5.74) is 1.46. The SMILES string of the molecule is BrC12COC3(c4ccccc4)C1CCCC23. The molecule has 2 aliphatic carbocycles. The number of halogens is 1. The van der Waals surface area contributed by atoms with E-state index in [1.54, 1.807) is 0 Å². The molecule has 2 unspecified atom stereocenters. The fourth-order valence-corrected chi connectivity index (χ4v) is 5.61. The Balaban J connectivity index is 1.85. The molecular formula is C14H15BrO. The summed E-state index contributed by atoms with van der Waals surface area (Å²) in [6, 6.07) is 10.8. The van der Waals surface area contributed by atoms with E-state index < -0.39 is 0 Å². The lowest BCUT2D eigenvalue weighted by Gasteiger charge is -2.61. The van der Waals surface area contributed by atoms with Gasteiger partial charge in [-0.15, -0.1) is 0 Å². The van der Waals surface area contributed by atoms with E-state index >= 15 is 0 Å². The largest absolute Gasteiger partial charge is 0.368 e. The molecule has 1 aromatic carbocycles. The Labute approximate surface area is 104 Å². The summed E-state index contributed by atoms with van der Waals surface area (Å²) in [6.07, 6.45) is 4.01. The van der Waals surface area contributed by atoms with Crippen LogP contribution in [0.25, 0.3) is 0 Å². The number of ether oxygens (including phenoxy) is 1. The molecule has 1 aromatic rings. The molecule has 1 nitrogen and oxygen atoms in total. The molecule has 2 heteroatoms. The zero-order valence-electron chi connectivity index (χ0n) is 9.16. The molecule has 0 N–H and O–H groups in total. The van der Waals surface area contributed by atoms with Crippen LogP contribution in [0.4, 0.5) is 0 Å². The maximum Gasteiger partial charge on any atom is 0.102 e. The van der Waals surface area contributed by atoms with Gasteiger partial charge in [0.1, 0.15) is 5.60 Å². The van der Waals surface area contributed by atoms with Crippen molar-refractivity contribution in [2.24, 2.45) is 11.8 Å². The average molecular weight is 279 g/mol. The van der Waals surface area contributed by atoms with Gasteiger partial charge in [-0.25, -0.2) is 0 Å². The molecule has 2 aliphatic heterocycles. The number of alkyl halides is 1. The fraction of sp³-hybridized carbons (Fsp3) is 0.571. The van der Waals surface area contributed by atoms with E-state index in [0.29, 0.717) is 16.2 Å². The summed E-state index contributed by atoms with van der Waals surface area (Å²) in [4.78, 5) is 0. The molecule has 5 rings (SSSR count). The van der Waals surface area contributed by atoms with Gasteiger partial charge in [0.05, 0.1) is 10.9 Å². The molecule has 2 saturated heterocycles. The molecule has 4 fully saturated rings. The Kier molecular flexibility index (Phi) is 1.76. The van der Waals surface area contributed by atoms with Crippen molar-refractivity contribution in [1.82, 2.24) is 0 Å². The Hall–Kier alpha value is -0.340. The first-order valence-corrected chi connectivity index (χ1v) is 6.96. The second kappa shape index (κ2) is 2.91. The van der Waals surface area contributed by atoms with Crippen molar-refractivity contribution in [3.63, 3.8) is 0 Å². The predicted molar refractivity (Wildman–Crippen MR) is 66.6 cm³/mol. The van der Waals surface area contributed by atoms with Gasteiger partial charge >= 0.3 is 0 Å². The molecule has 4 bridgehead atoms. The van der Waals surface area contributed by atoms with Gasteiger partial charge in [-0.3, -0.25) is 0 Å². The lowest BCUT2D eigenvalue weighted by Crippen LogP contribution is -2.65. The van der Waals surface area contributed by atoms with Crippen molar-refractivity contribution in [3.05, 3.63) is 35.9 Å². The third-order valence-electron chi connectivity index (χ3n) is 4.94. The minimum Gasteiger partial charge on any atom is -0.368 e. The van der Waals surface area contributed by atoms with E-state index in [9.17, 15) is 0 Å². The molecule has 2 heterocycles. The van der Waals surface area contributed by atoms with Crippen molar-refractivity contribution in [1.29, 1.82) is 0 Å². The van der Waals surface area contributed by atoms with Crippen molar-refractivity contribution in [2.75, 3.05) is 6.61 Å². The van der Waals surface area contributed by atoms with Crippen LogP contribution in [0.1, 0.15) is 24.8 Å². The van der Waals surface area contributed by atoms with Gasteiger partial charge in [0.2, 0.25) is 0 Å². The molecule has 2 atom stereocenters. The van der Waals surface area contributed by atoms with Crippen molar-refractivity contribution in [2.45, 2.75) is 29.2 Å². The van der Waals surface area contributed by atoms with Crippen LogP contribution in [-0.4, -0.2) is 10.9 Å². The van der Waals surface area contributed by atoms with Crippen LogP contribution in [0, 0.1) is 11.8 Å². The van der Waals surface area contributed by atoms with Crippen LogP contribution in [0.3, 0.4) is 0 Å². The second-order valence-corrected chi connectivity index (χ2v) is 6.89. The van der Waals surface area contributed by atoms with Crippen molar-refractivity contribution < 1.29 is 4.74 Å². The third-order valence-corrected chi connectivity index (χ3v) is 6.27. The van der Waals surface area contributed by atoms with E-state index in [4.69, 9.17) is 4.74 Å². The lowest BCUT2D eigenvalue weighted by atomic mass is 9.48. The van der Waals surface area contributed by atoms with Gasteiger partial charge in [0.25, 0.3) is 0 Å². The maximum atomic E-state index is 6.22. The van der Waals surface area contributed by atoms with Crippen LogP contribution >= 0.6 is 15.9 Å². The number of fused-ring (bicyclic) bond motifs is 1. The number of hydrogen-bond acceptors (Lipinski definition) is 1. The first kappa shape index (κ1) is 9.67. The molecular weight excluding hydrogens is 264 g/mol. The van der Waals surface area contributed by atoms with E-state index in [1.165, 1.54) is 24.8 Å². The van der Waals surface area contributed by atoms with Crippen LogP contribution < -0.4 is 0 Å². The first-order chi connectivity index (χ1) is 7.78. The highest BCUT2D eigenvalue weighted by molar-refractivity contribution is 9.10. The molecule has 0 amide bonds. The molecule has 16 heavy (non-hydrogen) atoms. The molecule has 2 saturated carbocycles. The third kappa shape index (κ3) is 0.853. The Bertz CT molecular complexity index is 416. The number of hydrogen-bond donors (Lipinski definition) is 0. The van der Waals surface area contributed by atoms with Gasteiger partial charge in [-0.2, -0.15) is 0 Å². The van der Waals surface area contributed by atoms with E-state index in [-0.39, 0.29) is 5.60 Å². The minimum absolute atomic E-state index is 0.0585. The van der Waals surface area contributed by atoms with Gasteiger partial charge in [-0.1, -0.05) is 52.7 Å². The molecule has 4 aliphatic rings. The number of rotatable bonds is 1. The summed E-state index contributed by atoms with van der Waals surface area (Å²) in [7, 11) is 0. The Morgan fingerprint density at radius 1 is 1.12 bits per heavy atom. The molecule has 0 radical (unpaired) electrons. The topological polar surface area (TPSA) is 9.23 Å². The van der Waals surface area contributed by atoms with Gasteiger partial charge in [-0.05, 0) is 18.4 Å². The minimum atomic E-state index is 0.0585. The normalized spacial score (nSPS) is 48.8. The fourth-order valence-electron chi connectivity index (χ4n) is 4.35. The van der Waals surface area contributed by atoms with Crippen LogP contribution in [0.2, 0.25) is 0 Å². The molecule has 84 valence electrons. The van der Waals surface area contributed by atoms with Crippen LogP contribution in [-0.2, 0) is 10.3 Å². The summed E-state index contributed by atoms with van der Waals surface area (Å²) in [5.74, 6) is 1.39. The smallest absolute Gasteiger partial charge is 0.102 e. The first-order valence-electron chi connectivity index (χ1n) is 6.17. The van der Waals surface area contributed by atoms with Crippen molar-refractivity contribution in [3.8, 4) is 0 Å². The number of benzene rings is 1. The van der Waals surface area contributed by atoms with Gasteiger partial charge in [0, 0.05) is 11.8 Å². The molecule has 0 spiro atoms. The summed E-state index contributed by atoms with van der Waals surface area (Å²) in [5, 5.41) is 0. The van der Waals surface area contributed by atoms with Crippen LogP contribution in [0.15, 0.2) is 30.3 Å². The van der Waals surface area contributed by atoms with Gasteiger partial charge in [0.15, 0.2) is 0 Å². The zero-order chi connectivity index (χ0) is 10.8. The van der Waals surface area contributed by atoms with E-state index in [2.05, 4.69) is 46.3 Å². The standard InChI is InChI=1S/C14H15BrO/c15-13-9-16-14(10-5-2-1-3-6-10)11(13)7-4-8-12(13)14/h1-3,5-6,11-12H,4,7-9H2. The van der Waals surface area contributed by atoms with Gasteiger partial charge < -0.3 is 4.74 Å².